The number of aliphatic carboxylic acids is 1. The van der Waals surface area contributed by atoms with E-state index in [1.807, 2.05) is 0 Å². The Balaban J connectivity index is 2.33. The van der Waals surface area contributed by atoms with Gasteiger partial charge in [-0.3, -0.25) is 0 Å². The van der Waals surface area contributed by atoms with E-state index in [9.17, 15) is 18.7 Å². The molecule has 25 heavy (non-hydrogen) atoms. The molecule has 1 N–H and O–H groups in total. The van der Waals surface area contributed by atoms with Gasteiger partial charge in [-0.2, -0.15) is 0 Å². The number of allylic oxidation sites excluding steroid dienone is 2. The first kappa shape index (κ1) is 18.2. The number of hydrogen-bond acceptors (Lipinski definition) is 3. The number of halogens is 2. The zero-order valence-corrected chi connectivity index (χ0v) is 13.6. The normalized spacial score (nSPS) is 11.6. The molecule has 130 valence electrons. The maximum atomic E-state index is 13.5. The highest BCUT2D eigenvalue weighted by molar-refractivity contribution is 6.15. The average Bonchev–Trinajstić information content (AvgIpc) is 2.60. The van der Waals surface area contributed by atoms with Gasteiger partial charge in [0.25, 0.3) is 0 Å². The van der Waals surface area contributed by atoms with Crippen LogP contribution in [-0.2, 0) is 4.79 Å². The third-order valence-electron chi connectivity index (χ3n) is 3.42. The lowest BCUT2D eigenvalue weighted by atomic mass is 10.0. The van der Waals surface area contributed by atoms with Gasteiger partial charge in [0.05, 0.1) is 19.8 Å². The van der Waals surface area contributed by atoms with E-state index in [1.165, 1.54) is 56.7 Å². The summed E-state index contributed by atoms with van der Waals surface area (Å²) in [5, 5.41) is 9.37. The van der Waals surface area contributed by atoms with Gasteiger partial charge in [0.2, 0.25) is 0 Å². The molecule has 0 aromatic heterocycles. The van der Waals surface area contributed by atoms with Gasteiger partial charge in [-0.25, -0.2) is 13.6 Å². The molecule has 0 heterocycles. The van der Waals surface area contributed by atoms with Crippen LogP contribution in [0.25, 0.3) is 11.6 Å². The van der Waals surface area contributed by atoms with Gasteiger partial charge in [0, 0.05) is 0 Å². The van der Waals surface area contributed by atoms with E-state index in [-0.39, 0.29) is 17.1 Å². The second-order valence-electron chi connectivity index (χ2n) is 4.99. The molecule has 2 rings (SSSR count). The molecule has 6 heteroatoms. The summed E-state index contributed by atoms with van der Waals surface area (Å²) in [4.78, 5) is 11.5. The van der Waals surface area contributed by atoms with Crippen LogP contribution in [0.4, 0.5) is 8.78 Å². The minimum Gasteiger partial charge on any atom is -0.494 e. The van der Waals surface area contributed by atoms with Gasteiger partial charge in [0.15, 0.2) is 23.1 Å². The number of methoxy groups -OCH3 is 2. The van der Waals surface area contributed by atoms with Crippen molar-refractivity contribution >= 4 is 17.6 Å². The number of carbonyl (C=O) groups is 1. The quantitative estimate of drug-likeness (QED) is 0.630. The van der Waals surface area contributed by atoms with Crippen molar-refractivity contribution in [1.82, 2.24) is 0 Å². The zero-order chi connectivity index (χ0) is 18.4. The fourth-order valence-electron chi connectivity index (χ4n) is 2.15. The van der Waals surface area contributed by atoms with Gasteiger partial charge in [-0.1, -0.05) is 24.3 Å². The Labute approximate surface area is 143 Å². The summed E-state index contributed by atoms with van der Waals surface area (Å²) in [5.41, 5.74) is 0.895. The lowest BCUT2D eigenvalue weighted by Crippen LogP contribution is -2.00. The molecule has 0 radical (unpaired) electrons. The van der Waals surface area contributed by atoms with Gasteiger partial charge >= 0.3 is 5.97 Å². The van der Waals surface area contributed by atoms with Crippen LogP contribution in [0.1, 0.15) is 11.1 Å². The molecule has 2 aromatic rings. The second-order valence-corrected chi connectivity index (χ2v) is 4.99. The fraction of sp³-hybridized carbons (Fsp3) is 0.105. The number of hydrogen-bond donors (Lipinski definition) is 1. The third kappa shape index (κ3) is 4.44. The Morgan fingerprint density at radius 3 is 2.20 bits per heavy atom. The molecule has 0 aliphatic carbocycles. The van der Waals surface area contributed by atoms with E-state index in [2.05, 4.69) is 0 Å². The van der Waals surface area contributed by atoms with Crippen molar-refractivity contribution in [3.8, 4) is 11.5 Å². The number of carboxylic acids is 1. The van der Waals surface area contributed by atoms with E-state index in [1.54, 1.807) is 6.08 Å². The highest BCUT2D eigenvalue weighted by Gasteiger charge is 2.12. The molecular formula is C19H16F2O4. The van der Waals surface area contributed by atoms with Crippen LogP contribution >= 0.6 is 0 Å². The predicted octanol–water partition coefficient (Wildman–Crippen LogP) is 4.16. The molecule has 0 saturated carbocycles. The van der Waals surface area contributed by atoms with Crippen LogP contribution in [-0.4, -0.2) is 25.3 Å². The van der Waals surface area contributed by atoms with Crippen molar-refractivity contribution in [3.05, 3.63) is 71.3 Å². The smallest absolute Gasteiger partial charge is 0.336 e. The third-order valence-corrected chi connectivity index (χ3v) is 3.42. The highest BCUT2D eigenvalue weighted by atomic mass is 19.1. The van der Waals surface area contributed by atoms with Crippen LogP contribution in [0.5, 0.6) is 11.5 Å². The Bertz CT molecular complexity index is 841. The summed E-state index contributed by atoms with van der Waals surface area (Å²) < 4.78 is 36.6. The molecule has 4 nitrogen and oxygen atoms in total. The molecular weight excluding hydrogens is 330 g/mol. The van der Waals surface area contributed by atoms with E-state index in [0.717, 1.165) is 6.07 Å². The summed E-state index contributed by atoms with van der Waals surface area (Å²) in [7, 11) is 2.66. The van der Waals surface area contributed by atoms with E-state index >= 15 is 0 Å². The van der Waals surface area contributed by atoms with Crippen LogP contribution < -0.4 is 9.47 Å². The van der Waals surface area contributed by atoms with Crippen molar-refractivity contribution in [2.75, 3.05) is 14.2 Å². The Hall–Kier alpha value is -3.15. The van der Waals surface area contributed by atoms with E-state index in [4.69, 9.17) is 9.47 Å². The molecule has 0 aliphatic rings. The molecule has 2 aromatic carbocycles. The maximum absolute atomic E-state index is 13.5. The lowest BCUT2D eigenvalue weighted by Gasteiger charge is -2.06. The van der Waals surface area contributed by atoms with Crippen LogP contribution in [0.2, 0.25) is 0 Å². The topological polar surface area (TPSA) is 55.8 Å². The van der Waals surface area contributed by atoms with Crippen molar-refractivity contribution in [1.29, 1.82) is 0 Å². The highest BCUT2D eigenvalue weighted by Crippen LogP contribution is 2.24. The number of ether oxygens (including phenoxy) is 2. The number of carboxylic acid groups (broad SMARTS) is 1. The zero-order valence-electron chi connectivity index (χ0n) is 13.6. The van der Waals surface area contributed by atoms with Crippen LogP contribution in [0.15, 0.2) is 48.6 Å². The fourth-order valence-corrected chi connectivity index (χ4v) is 2.15. The summed E-state index contributed by atoms with van der Waals surface area (Å²) >= 11 is 0. The van der Waals surface area contributed by atoms with Crippen molar-refractivity contribution < 1.29 is 28.2 Å². The van der Waals surface area contributed by atoms with Gasteiger partial charge in [0.1, 0.15) is 0 Å². The minimum atomic E-state index is -1.17. The standard InChI is InChI=1S/C19H16F2O4/c1-24-17-10-12(6-8-15(17)20)4-3-5-14(19(22)23)13-7-9-16(21)18(11-13)25-2/h3-11H,1-2H3,(H,22,23). The van der Waals surface area contributed by atoms with E-state index < -0.39 is 17.6 Å². The molecule has 0 saturated heterocycles. The first-order chi connectivity index (χ1) is 12.0. The molecule has 0 atom stereocenters. The number of benzene rings is 2. The largest absolute Gasteiger partial charge is 0.494 e. The Morgan fingerprint density at radius 2 is 1.60 bits per heavy atom. The van der Waals surface area contributed by atoms with Crippen molar-refractivity contribution in [2.45, 2.75) is 0 Å². The maximum Gasteiger partial charge on any atom is 0.336 e. The predicted molar refractivity (Wildman–Crippen MR) is 90.6 cm³/mol. The molecule has 0 fully saturated rings. The summed E-state index contributed by atoms with van der Waals surface area (Å²) in [6, 6.07) is 8.08. The minimum absolute atomic E-state index is 0.0383. The lowest BCUT2D eigenvalue weighted by molar-refractivity contribution is -0.130. The van der Waals surface area contributed by atoms with Gasteiger partial charge in [-0.15, -0.1) is 0 Å². The Morgan fingerprint density at radius 1 is 1.00 bits per heavy atom. The van der Waals surface area contributed by atoms with Gasteiger partial charge in [-0.05, 0) is 41.5 Å². The molecule has 0 spiro atoms. The first-order valence-electron chi connectivity index (χ1n) is 7.25. The second kappa shape index (κ2) is 8.10. The molecule has 0 bridgehead atoms. The number of rotatable bonds is 6. The van der Waals surface area contributed by atoms with Crippen molar-refractivity contribution in [2.24, 2.45) is 0 Å². The Kier molecular flexibility index (Phi) is 5.89. The summed E-state index contributed by atoms with van der Waals surface area (Å²) in [6.07, 6.45) is 4.47. The average molecular weight is 346 g/mol. The van der Waals surface area contributed by atoms with Crippen LogP contribution in [0, 0.1) is 11.6 Å². The SMILES string of the molecule is COc1cc(C=CC=C(C(=O)O)c2ccc(F)c(OC)c2)ccc1F. The van der Waals surface area contributed by atoms with Crippen molar-refractivity contribution in [3.63, 3.8) is 0 Å². The van der Waals surface area contributed by atoms with E-state index in [0.29, 0.717) is 11.1 Å². The molecule has 0 unspecified atom stereocenters. The molecule has 0 aliphatic heterocycles. The summed E-state index contributed by atoms with van der Waals surface area (Å²) in [6.45, 7) is 0. The summed E-state index contributed by atoms with van der Waals surface area (Å²) in [5.74, 6) is -2.19. The van der Waals surface area contributed by atoms with Crippen LogP contribution in [0.3, 0.4) is 0 Å². The van der Waals surface area contributed by atoms with Gasteiger partial charge < -0.3 is 14.6 Å². The molecule has 0 amide bonds. The first-order valence-corrected chi connectivity index (χ1v) is 7.25. The monoisotopic (exact) mass is 346 g/mol.